The van der Waals surface area contributed by atoms with E-state index in [1.165, 1.54) is 4.68 Å². The lowest BCUT2D eigenvalue weighted by Crippen LogP contribution is -2.15. The van der Waals surface area contributed by atoms with Gasteiger partial charge in [-0.2, -0.15) is 10.2 Å². The van der Waals surface area contributed by atoms with E-state index in [1.807, 2.05) is 19.3 Å². The first-order valence-electron chi connectivity index (χ1n) is 5.12. The summed E-state index contributed by atoms with van der Waals surface area (Å²) in [6.45, 7) is 0.552. The molecule has 0 bridgehead atoms. The van der Waals surface area contributed by atoms with Gasteiger partial charge in [-0.05, 0) is 6.07 Å². The third-order valence-corrected chi connectivity index (χ3v) is 2.35. The molecule has 18 heavy (non-hydrogen) atoms. The highest BCUT2D eigenvalue weighted by Gasteiger charge is 2.09. The minimum Gasteiger partial charge on any atom is -0.364 e. The van der Waals surface area contributed by atoms with Crippen LogP contribution >= 0.6 is 12.4 Å². The van der Waals surface area contributed by atoms with Crippen LogP contribution in [0.15, 0.2) is 18.3 Å². The van der Waals surface area contributed by atoms with Gasteiger partial charge in [-0.25, -0.2) is 0 Å². The molecule has 7 nitrogen and oxygen atoms in total. The molecule has 0 aliphatic carbocycles. The number of nitrogens with two attached hydrogens (primary N) is 1. The van der Waals surface area contributed by atoms with E-state index < -0.39 is 5.91 Å². The number of hydrogen-bond donors (Lipinski definition) is 2. The van der Waals surface area contributed by atoms with Crippen LogP contribution in [0.2, 0.25) is 0 Å². The molecule has 3 N–H and O–H groups in total. The topological polar surface area (TPSA) is 90.8 Å². The number of aromatic nitrogens is 4. The zero-order valence-electron chi connectivity index (χ0n) is 10.1. The first-order chi connectivity index (χ1) is 8.06. The van der Waals surface area contributed by atoms with Crippen molar-refractivity contribution < 1.29 is 4.79 Å². The van der Waals surface area contributed by atoms with Gasteiger partial charge in [-0.1, -0.05) is 0 Å². The Bertz CT molecular complexity index is 546. The Morgan fingerprint density at radius 3 is 2.67 bits per heavy atom. The average molecular weight is 271 g/mol. The van der Waals surface area contributed by atoms with Crippen LogP contribution in [-0.4, -0.2) is 25.5 Å². The Labute approximate surface area is 110 Å². The number of carbonyl (C=O) groups excluding carboxylic acids is 1. The van der Waals surface area contributed by atoms with Crippen LogP contribution in [0, 0.1) is 0 Å². The van der Waals surface area contributed by atoms with Gasteiger partial charge in [-0.3, -0.25) is 14.2 Å². The van der Waals surface area contributed by atoms with Gasteiger partial charge in [0.1, 0.15) is 11.5 Å². The molecule has 8 heteroatoms. The zero-order chi connectivity index (χ0) is 12.4. The quantitative estimate of drug-likeness (QED) is 0.835. The number of rotatable bonds is 4. The lowest BCUT2D eigenvalue weighted by atomic mass is 10.4. The maximum absolute atomic E-state index is 11.0. The first kappa shape index (κ1) is 14.0. The van der Waals surface area contributed by atoms with E-state index in [-0.39, 0.29) is 12.4 Å². The molecule has 1 amide bonds. The van der Waals surface area contributed by atoms with Gasteiger partial charge in [0, 0.05) is 26.4 Å². The predicted octanol–water partition coefficient (Wildman–Crippen LogP) is 0.286. The van der Waals surface area contributed by atoms with E-state index in [0.29, 0.717) is 18.1 Å². The molecular formula is C10H15ClN6O. The number of hydrogen-bond acceptors (Lipinski definition) is 4. The molecule has 0 aliphatic rings. The summed E-state index contributed by atoms with van der Waals surface area (Å²) >= 11 is 0. The van der Waals surface area contributed by atoms with Gasteiger partial charge < -0.3 is 11.1 Å². The number of amides is 1. The number of primary amides is 1. The molecular weight excluding hydrogens is 256 g/mol. The first-order valence-corrected chi connectivity index (χ1v) is 5.12. The summed E-state index contributed by atoms with van der Waals surface area (Å²) in [4.78, 5) is 11.0. The fraction of sp³-hybridized carbons (Fsp3) is 0.300. The van der Waals surface area contributed by atoms with E-state index in [9.17, 15) is 4.79 Å². The molecule has 98 valence electrons. The Hall–Kier alpha value is -2.02. The van der Waals surface area contributed by atoms with Crippen molar-refractivity contribution in [1.82, 2.24) is 19.6 Å². The Balaban J connectivity index is 0.00000162. The van der Waals surface area contributed by atoms with Gasteiger partial charge >= 0.3 is 0 Å². The van der Waals surface area contributed by atoms with Crippen LogP contribution in [0.25, 0.3) is 0 Å². The summed E-state index contributed by atoms with van der Waals surface area (Å²) < 4.78 is 3.17. The Kier molecular flexibility index (Phi) is 4.33. The molecule has 2 rings (SSSR count). The van der Waals surface area contributed by atoms with Crippen molar-refractivity contribution in [3.05, 3.63) is 29.7 Å². The second kappa shape index (κ2) is 5.54. The van der Waals surface area contributed by atoms with Crippen LogP contribution < -0.4 is 11.1 Å². The standard InChI is InChI=1S/C10H14N6O.ClH/c1-15-4-3-7(13-15)6-12-9-5-8(10(11)17)16(2)14-9;/h3-5H,6H2,1-2H3,(H2,11,17)(H,12,14);1H. The van der Waals surface area contributed by atoms with E-state index >= 15 is 0 Å². The molecule has 0 saturated heterocycles. The third-order valence-electron chi connectivity index (χ3n) is 2.35. The molecule has 2 aromatic heterocycles. The Morgan fingerprint density at radius 2 is 2.17 bits per heavy atom. The van der Waals surface area contributed by atoms with Gasteiger partial charge in [0.05, 0.1) is 12.2 Å². The van der Waals surface area contributed by atoms with Crippen molar-refractivity contribution >= 4 is 24.1 Å². The summed E-state index contributed by atoms with van der Waals surface area (Å²) in [6, 6.07) is 3.52. The molecule has 0 saturated carbocycles. The number of nitrogens with zero attached hydrogens (tertiary/aromatic N) is 4. The summed E-state index contributed by atoms with van der Waals surface area (Å²) in [5, 5.41) is 11.4. The van der Waals surface area contributed by atoms with Crippen molar-refractivity contribution in [1.29, 1.82) is 0 Å². The highest BCUT2D eigenvalue weighted by Crippen LogP contribution is 2.08. The van der Waals surface area contributed by atoms with Crippen molar-refractivity contribution in [2.45, 2.75) is 6.54 Å². The minimum atomic E-state index is -0.495. The van der Waals surface area contributed by atoms with Crippen molar-refractivity contribution in [2.75, 3.05) is 5.32 Å². The smallest absolute Gasteiger partial charge is 0.267 e. The average Bonchev–Trinajstić information content (AvgIpc) is 2.82. The fourth-order valence-corrected chi connectivity index (χ4v) is 1.52. The molecule has 0 unspecified atom stereocenters. The van der Waals surface area contributed by atoms with E-state index in [0.717, 1.165) is 5.69 Å². The lowest BCUT2D eigenvalue weighted by Gasteiger charge is -1.98. The summed E-state index contributed by atoms with van der Waals surface area (Å²) in [7, 11) is 3.53. The molecule has 2 heterocycles. The number of nitrogens with one attached hydrogen (secondary N) is 1. The second-order valence-corrected chi connectivity index (χ2v) is 3.74. The van der Waals surface area contributed by atoms with E-state index in [1.54, 1.807) is 17.8 Å². The molecule has 0 aromatic carbocycles. The van der Waals surface area contributed by atoms with Crippen LogP contribution in [0.4, 0.5) is 5.82 Å². The van der Waals surface area contributed by atoms with Gasteiger partial charge in [0.2, 0.25) is 0 Å². The number of carbonyl (C=O) groups is 1. The monoisotopic (exact) mass is 270 g/mol. The maximum atomic E-state index is 11.0. The largest absolute Gasteiger partial charge is 0.364 e. The lowest BCUT2D eigenvalue weighted by molar-refractivity contribution is 0.0991. The van der Waals surface area contributed by atoms with Gasteiger partial charge in [-0.15, -0.1) is 12.4 Å². The van der Waals surface area contributed by atoms with E-state index in [4.69, 9.17) is 5.73 Å². The Morgan fingerprint density at radius 1 is 1.44 bits per heavy atom. The number of anilines is 1. The normalized spacial score (nSPS) is 9.89. The van der Waals surface area contributed by atoms with Crippen molar-refractivity contribution in [2.24, 2.45) is 19.8 Å². The minimum absolute atomic E-state index is 0. The molecule has 0 spiro atoms. The maximum Gasteiger partial charge on any atom is 0.267 e. The molecule has 0 atom stereocenters. The SMILES string of the molecule is Cl.Cn1ccc(CNc2cc(C(N)=O)n(C)n2)n1. The summed E-state index contributed by atoms with van der Waals surface area (Å²) in [5.41, 5.74) is 6.47. The zero-order valence-corrected chi connectivity index (χ0v) is 10.9. The second-order valence-electron chi connectivity index (χ2n) is 3.74. The molecule has 0 radical (unpaired) electrons. The third kappa shape index (κ3) is 3.01. The highest BCUT2D eigenvalue weighted by molar-refractivity contribution is 5.91. The van der Waals surface area contributed by atoms with Crippen LogP contribution in [-0.2, 0) is 20.6 Å². The molecule has 0 aliphatic heterocycles. The fourth-order valence-electron chi connectivity index (χ4n) is 1.52. The van der Waals surface area contributed by atoms with Crippen LogP contribution in [0.5, 0.6) is 0 Å². The molecule has 0 fully saturated rings. The number of aryl methyl sites for hydroxylation is 2. The molecule has 2 aromatic rings. The van der Waals surface area contributed by atoms with Gasteiger partial charge in [0.15, 0.2) is 0 Å². The van der Waals surface area contributed by atoms with Crippen molar-refractivity contribution in [3.63, 3.8) is 0 Å². The van der Waals surface area contributed by atoms with E-state index in [2.05, 4.69) is 15.5 Å². The highest BCUT2D eigenvalue weighted by atomic mass is 35.5. The predicted molar refractivity (Wildman–Crippen MR) is 69.5 cm³/mol. The van der Waals surface area contributed by atoms with Crippen LogP contribution in [0.1, 0.15) is 16.2 Å². The summed E-state index contributed by atoms with van der Waals surface area (Å²) in [5.74, 6) is 0.109. The summed E-state index contributed by atoms with van der Waals surface area (Å²) in [6.07, 6.45) is 1.87. The van der Waals surface area contributed by atoms with Crippen molar-refractivity contribution in [3.8, 4) is 0 Å². The van der Waals surface area contributed by atoms with Gasteiger partial charge in [0.25, 0.3) is 5.91 Å². The van der Waals surface area contributed by atoms with Crippen LogP contribution in [0.3, 0.4) is 0 Å². The number of halogens is 1.